The number of nitrogens with zero attached hydrogens (tertiary/aromatic N) is 2. The number of benzene rings is 2. The minimum absolute atomic E-state index is 0.0647. The Hall–Kier alpha value is -3.32. The third-order valence-electron chi connectivity index (χ3n) is 3.72. The molecule has 3 rings (SSSR count). The van der Waals surface area contributed by atoms with Crippen LogP contribution in [-0.4, -0.2) is 33.4 Å². The van der Waals surface area contributed by atoms with Crippen LogP contribution in [0.5, 0.6) is 0 Å². The van der Waals surface area contributed by atoms with E-state index in [1.54, 1.807) is 0 Å². The van der Waals surface area contributed by atoms with Gasteiger partial charge < -0.3 is 14.6 Å². The summed E-state index contributed by atoms with van der Waals surface area (Å²) in [4.78, 5) is 26.0. The van der Waals surface area contributed by atoms with E-state index in [0.29, 0.717) is 0 Å². The van der Waals surface area contributed by atoms with Crippen molar-refractivity contribution in [2.24, 2.45) is 0 Å². The number of aliphatic hydroxyl groups excluding tert-OH is 1. The van der Waals surface area contributed by atoms with Gasteiger partial charge in [0, 0.05) is 12.4 Å². The molecule has 1 heterocycles. The van der Waals surface area contributed by atoms with E-state index >= 15 is 0 Å². The van der Waals surface area contributed by atoms with Gasteiger partial charge in [0.1, 0.15) is 13.2 Å². The van der Waals surface area contributed by atoms with Crippen molar-refractivity contribution >= 4 is 12.2 Å². The number of carbonyl (C=O) groups is 2. The predicted molar refractivity (Wildman–Crippen MR) is 92.1 cm³/mol. The van der Waals surface area contributed by atoms with Crippen molar-refractivity contribution in [2.45, 2.75) is 19.6 Å². The number of hydrogen-bond donors (Lipinski definition) is 1. The highest BCUT2D eigenvalue weighted by molar-refractivity contribution is 5.74. The van der Waals surface area contributed by atoms with Crippen molar-refractivity contribution in [2.75, 3.05) is 0 Å². The normalized spacial score (nSPS) is 13.7. The highest BCUT2D eigenvalue weighted by atomic mass is 16.6. The highest BCUT2D eigenvalue weighted by Gasteiger charge is 2.34. The first-order valence-electron chi connectivity index (χ1n) is 7.99. The van der Waals surface area contributed by atoms with Gasteiger partial charge >= 0.3 is 12.2 Å². The lowest BCUT2D eigenvalue weighted by atomic mass is 10.2. The Labute approximate surface area is 150 Å². The van der Waals surface area contributed by atoms with Crippen LogP contribution in [0.3, 0.4) is 0 Å². The molecule has 0 atom stereocenters. The van der Waals surface area contributed by atoms with Gasteiger partial charge in [0.25, 0.3) is 0 Å². The van der Waals surface area contributed by atoms with Gasteiger partial charge in [0.2, 0.25) is 6.35 Å². The van der Waals surface area contributed by atoms with Crippen molar-refractivity contribution in [1.82, 2.24) is 9.80 Å². The molecule has 0 aliphatic carbocycles. The molecule has 2 aromatic rings. The Morgan fingerprint density at radius 2 is 1.15 bits per heavy atom. The van der Waals surface area contributed by atoms with Gasteiger partial charge in [-0.15, -0.1) is 0 Å². The van der Waals surface area contributed by atoms with E-state index in [4.69, 9.17) is 9.47 Å². The second-order valence-electron chi connectivity index (χ2n) is 5.54. The summed E-state index contributed by atoms with van der Waals surface area (Å²) in [7, 11) is 0. The molecule has 1 aliphatic rings. The Bertz CT molecular complexity index is 714. The molecular weight excluding hydrogens is 336 g/mol. The number of rotatable bonds is 4. The second kappa shape index (κ2) is 8.17. The SMILES string of the molecule is O=C(OCc1ccccc1)N1C=CN(C(=O)OCc2ccccc2)C1O. The third kappa shape index (κ3) is 4.20. The minimum atomic E-state index is -1.51. The molecule has 7 heteroatoms. The first-order valence-corrected chi connectivity index (χ1v) is 7.99. The van der Waals surface area contributed by atoms with Gasteiger partial charge in [-0.25, -0.2) is 19.4 Å². The zero-order chi connectivity index (χ0) is 18.4. The lowest BCUT2D eigenvalue weighted by Crippen LogP contribution is -2.44. The van der Waals surface area contributed by atoms with Crippen LogP contribution in [0.1, 0.15) is 11.1 Å². The van der Waals surface area contributed by atoms with Crippen molar-refractivity contribution in [3.05, 3.63) is 84.2 Å². The maximum atomic E-state index is 12.1. The standard InChI is InChI=1S/C19H18N2O5/c22-17-20(18(23)25-13-15-7-3-1-4-8-15)11-12-21(17)19(24)26-14-16-9-5-2-6-10-16/h1-12,17,22H,13-14H2. The molecule has 7 nitrogen and oxygen atoms in total. The van der Waals surface area contributed by atoms with Crippen LogP contribution in [0, 0.1) is 0 Å². The smallest absolute Gasteiger partial charge is 0.417 e. The van der Waals surface area contributed by atoms with Gasteiger partial charge in [0.15, 0.2) is 0 Å². The first kappa shape index (κ1) is 17.5. The molecule has 134 valence electrons. The molecule has 0 spiro atoms. The largest absolute Gasteiger partial charge is 0.444 e. The van der Waals surface area contributed by atoms with E-state index in [2.05, 4.69) is 0 Å². The molecule has 0 saturated carbocycles. The van der Waals surface area contributed by atoms with Crippen molar-refractivity contribution in [1.29, 1.82) is 0 Å². The van der Waals surface area contributed by atoms with Crippen LogP contribution in [0.4, 0.5) is 9.59 Å². The zero-order valence-corrected chi connectivity index (χ0v) is 13.9. The quantitative estimate of drug-likeness (QED) is 0.913. The van der Waals surface area contributed by atoms with Crippen LogP contribution in [-0.2, 0) is 22.7 Å². The molecule has 0 fully saturated rings. The summed E-state index contributed by atoms with van der Waals surface area (Å²) in [5, 5.41) is 10.2. The van der Waals surface area contributed by atoms with E-state index in [1.165, 1.54) is 12.4 Å². The van der Waals surface area contributed by atoms with Crippen LogP contribution < -0.4 is 0 Å². The fourth-order valence-corrected chi connectivity index (χ4v) is 2.33. The van der Waals surface area contributed by atoms with E-state index < -0.39 is 18.5 Å². The Kier molecular flexibility index (Phi) is 5.50. The lowest BCUT2D eigenvalue weighted by molar-refractivity contribution is -0.0414. The van der Waals surface area contributed by atoms with Gasteiger partial charge in [0.05, 0.1) is 0 Å². The topological polar surface area (TPSA) is 79.3 Å². The maximum Gasteiger partial charge on any atom is 0.417 e. The first-order chi connectivity index (χ1) is 12.6. The second-order valence-corrected chi connectivity index (χ2v) is 5.54. The summed E-state index contributed by atoms with van der Waals surface area (Å²) in [6.07, 6.45) is -0.516. The fraction of sp³-hybridized carbons (Fsp3) is 0.158. The van der Waals surface area contributed by atoms with Crippen LogP contribution in [0.2, 0.25) is 0 Å². The van der Waals surface area contributed by atoms with E-state index in [9.17, 15) is 14.7 Å². The monoisotopic (exact) mass is 354 g/mol. The Morgan fingerprint density at radius 3 is 1.54 bits per heavy atom. The minimum Gasteiger partial charge on any atom is -0.444 e. The zero-order valence-electron chi connectivity index (χ0n) is 13.9. The fourth-order valence-electron chi connectivity index (χ4n) is 2.33. The van der Waals surface area contributed by atoms with Crippen LogP contribution in [0.15, 0.2) is 73.1 Å². The van der Waals surface area contributed by atoms with E-state index in [1.807, 2.05) is 60.7 Å². The molecule has 0 unspecified atom stereocenters. The molecule has 1 aliphatic heterocycles. The average molecular weight is 354 g/mol. The number of ether oxygens (including phenoxy) is 2. The molecule has 26 heavy (non-hydrogen) atoms. The van der Waals surface area contributed by atoms with E-state index in [-0.39, 0.29) is 13.2 Å². The Morgan fingerprint density at radius 1 is 0.769 bits per heavy atom. The third-order valence-corrected chi connectivity index (χ3v) is 3.72. The molecule has 0 saturated heterocycles. The summed E-state index contributed by atoms with van der Waals surface area (Å²) < 4.78 is 10.3. The average Bonchev–Trinajstić information content (AvgIpc) is 3.07. The van der Waals surface area contributed by atoms with Crippen LogP contribution >= 0.6 is 0 Å². The number of carbonyl (C=O) groups excluding carboxylic acids is 2. The molecule has 0 bridgehead atoms. The van der Waals surface area contributed by atoms with Crippen molar-refractivity contribution in [3.8, 4) is 0 Å². The molecule has 1 N–H and O–H groups in total. The lowest BCUT2D eigenvalue weighted by Gasteiger charge is -2.24. The number of hydrogen-bond acceptors (Lipinski definition) is 5. The van der Waals surface area contributed by atoms with Crippen molar-refractivity contribution in [3.63, 3.8) is 0 Å². The predicted octanol–water partition coefficient (Wildman–Crippen LogP) is 3.02. The molecule has 0 aromatic heterocycles. The maximum absolute atomic E-state index is 12.1. The van der Waals surface area contributed by atoms with Crippen LogP contribution in [0.25, 0.3) is 0 Å². The molecule has 2 aromatic carbocycles. The number of aliphatic hydroxyl groups is 1. The summed E-state index contributed by atoms with van der Waals surface area (Å²) in [6.45, 7) is 0.129. The summed E-state index contributed by atoms with van der Waals surface area (Å²) in [6, 6.07) is 18.3. The van der Waals surface area contributed by atoms with Crippen molar-refractivity contribution < 1.29 is 24.2 Å². The summed E-state index contributed by atoms with van der Waals surface area (Å²) in [5.41, 5.74) is 1.63. The van der Waals surface area contributed by atoms with E-state index in [0.717, 1.165) is 20.9 Å². The molecule has 2 amide bonds. The number of amides is 2. The highest BCUT2D eigenvalue weighted by Crippen LogP contribution is 2.17. The van der Waals surface area contributed by atoms with Gasteiger partial charge in [-0.1, -0.05) is 60.7 Å². The summed E-state index contributed by atoms with van der Waals surface area (Å²) >= 11 is 0. The molecule has 0 radical (unpaired) electrons. The Balaban J connectivity index is 1.50. The summed E-state index contributed by atoms with van der Waals surface area (Å²) in [5.74, 6) is 0. The van der Waals surface area contributed by atoms with Gasteiger partial charge in [-0.3, -0.25) is 0 Å². The van der Waals surface area contributed by atoms with Gasteiger partial charge in [-0.2, -0.15) is 0 Å². The molecular formula is C19H18N2O5. The van der Waals surface area contributed by atoms with Gasteiger partial charge in [-0.05, 0) is 11.1 Å².